The van der Waals surface area contributed by atoms with Crippen LogP contribution >= 0.6 is 0 Å². The van der Waals surface area contributed by atoms with E-state index >= 15 is 0 Å². The molecule has 3 atom stereocenters. The molecule has 172 valence electrons. The molecule has 3 amide bonds. The van der Waals surface area contributed by atoms with E-state index in [0.29, 0.717) is 32.5 Å². The van der Waals surface area contributed by atoms with E-state index in [0.717, 1.165) is 24.0 Å². The summed E-state index contributed by atoms with van der Waals surface area (Å²) >= 11 is 0. The van der Waals surface area contributed by atoms with Gasteiger partial charge in [0.25, 0.3) is 0 Å². The van der Waals surface area contributed by atoms with Gasteiger partial charge in [-0.05, 0) is 36.1 Å². The Morgan fingerprint density at radius 2 is 1.85 bits per heavy atom. The van der Waals surface area contributed by atoms with Crippen molar-refractivity contribution in [1.29, 1.82) is 0 Å². The van der Waals surface area contributed by atoms with Crippen molar-refractivity contribution in [3.63, 3.8) is 0 Å². The Labute approximate surface area is 192 Å². The number of hydrogen-bond acceptors (Lipinski definition) is 3. The van der Waals surface area contributed by atoms with Gasteiger partial charge >= 0.3 is 0 Å². The van der Waals surface area contributed by atoms with Crippen LogP contribution in [0.2, 0.25) is 0 Å². The minimum Gasteiger partial charge on any atom is -0.348 e. The van der Waals surface area contributed by atoms with E-state index < -0.39 is 5.54 Å². The molecule has 0 aromatic heterocycles. The summed E-state index contributed by atoms with van der Waals surface area (Å²) in [6, 6.07) is 16.3. The molecule has 0 bridgehead atoms. The fourth-order valence-corrected chi connectivity index (χ4v) is 5.73. The Hall–Kier alpha value is -3.22. The summed E-state index contributed by atoms with van der Waals surface area (Å²) in [5, 5.41) is 3.14. The number of piperidine rings is 1. The third-order valence-electron chi connectivity index (χ3n) is 7.37. The maximum Gasteiger partial charge on any atom is 0.242 e. The van der Waals surface area contributed by atoms with Crippen LogP contribution in [0.15, 0.2) is 54.6 Å². The summed E-state index contributed by atoms with van der Waals surface area (Å²) in [4.78, 5) is 41.6. The van der Waals surface area contributed by atoms with E-state index in [1.165, 1.54) is 12.1 Å². The lowest BCUT2D eigenvalue weighted by molar-refractivity contribution is -0.138. The number of nitrogens with one attached hydrogen (secondary N) is 1. The topological polar surface area (TPSA) is 69.7 Å². The zero-order chi connectivity index (χ0) is 23.0. The first-order chi connectivity index (χ1) is 15.9. The van der Waals surface area contributed by atoms with Gasteiger partial charge in [-0.3, -0.25) is 14.4 Å². The molecule has 3 heterocycles. The molecule has 1 spiro atoms. The summed E-state index contributed by atoms with van der Waals surface area (Å²) in [5.41, 5.74) is 1.30. The average molecular weight is 450 g/mol. The van der Waals surface area contributed by atoms with Gasteiger partial charge in [0.2, 0.25) is 17.7 Å². The van der Waals surface area contributed by atoms with Crippen LogP contribution in [0.3, 0.4) is 0 Å². The molecule has 0 radical (unpaired) electrons. The van der Waals surface area contributed by atoms with Gasteiger partial charge in [0.1, 0.15) is 5.82 Å². The highest BCUT2D eigenvalue weighted by Crippen LogP contribution is 2.41. The minimum absolute atomic E-state index is 0.0150. The van der Waals surface area contributed by atoms with Crippen LogP contribution < -0.4 is 5.32 Å². The SMILES string of the molecule is O=C1CCC[C@]2(CN(C(=O)CN3C[C@@H](c4ccccc4)CC3=O)C[C@H]2c2cccc(F)c2)N1. The Morgan fingerprint density at radius 3 is 2.61 bits per heavy atom. The summed E-state index contributed by atoms with van der Waals surface area (Å²) in [6.07, 6.45) is 2.35. The number of halogens is 1. The predicted molar refractivity (Wildman–Crippen MR) is 121 cm³/mol. The number of hydrogen-bond donors (Lipinski definition) is 1. The largest absolute Gasteiger partial charge is 0.348 e. The quantitative estimate of drug-likeness (QED) is 0.781. The second-order valence-corrected chi connectivity index (χ2v) is 9.53. The Morgan fingerprint density at radius 1 is 1.06 bits per heavy atom. The second kappa shape index (κ2) is 8.61. The lowest BCUT2D eigenvalue weighted by atomic mass is 9.76. The molecule has 3 aliphatic heterocycles. The molecule has 2 aromatic rings. The number of amides is 3. The Balaban J connectivity index is 1.32. The van der Waals surface area contributed by atoms with Crippen molar-refractivity contribution >= 4 is 17.7 Å². The fourth-order valence-electron chi connectivity index (χ4n) is 5.73. The second-order valence-electron chi connectivity index (χ2n) is 9.53. The average Bonchev–Trinajstić information content (AvgIpc) is 3.35. The highest BCUT2D eigenvalue weighted by molar-refractivity contribution is 5.87. The van der Waals surface area contributed by atoms with E-state index in [-0.39, 0.29) is 41.9 Å². The van der Waals surface area contributed by atoms with Gasteiger partial charge < -0.3 is 15.1 Å². The lowest BCUT2D eigenvalue weighted by Crippen LogP contribution is -2.56. The van der Waals surface area contributed by atoms with E-state index in [4.69, 9.17) is 0 Å². The minimum atomic E-state index is -0.597. The predicted octanol–water partition coefficient (Wildman–Crippen LogP) is 2.81. The number of carbonyl (C=O) groups is 3. The summed E-state index contributed by atoms with van der Waals surface area (Å²) < 4.78 is 14.0. The van der Waals surface area contributed by atoms with Crippen LogP contribution in [0.5, 0.6) is 0 Å². The Kier molecular flexibility index (Phi) is 5.64. The third kappa shape index (κ3) is 4.24. The normalized spacial score (nSPS) is 27.3. The first-order valence-electron chi connectivity index (χ1n) is 11.6. The number of benzene rings is 2. The summed E-state index contributed by atoms with van der Waals surface area (Å²) in [6.45, 7) is 1.33. The van der Waals surface area contributed by atoms with E-state index in [2.05, 4.69) is 5.32 Å². The van der Waals surface area contributed by atoms with Crippen molar-refractivity contribution in [2.75, 3.05) is 26.2 Å². The van der Waals surface area contributed by atoms with Crippen LogP contribution in [-0.2, 0) is 14.4 Å². The number of rotatable bonds is 4. The molecule has 3 saturated heterocycles. The zero-order valence-electron chi connectivity index (χ0n) is 18.5. The molecule has 0 aliphatic carbocycles. The van der Waals surface area contributed by atoms with Crippen LogP contribution in [0, 0.1) is 5.82 Å². The summed E-state index contributed by atoms with van der Waals surface area (Å²) in [5.74, 6) is -0.600. The molecule has 1 N–H and O–H groups in total. The summed E-state index contributed by atoms with van der Waals surface area (Å²) in [7, 11) is 0. The molecule has 3 aliphatic rings. The molecule has 0 unspecified atom stereocenters. The first-order valence-corrected chi connectivity index (χ1v) is 11.6. The molecule has 33 heavy (non-hydrogen) atoms. The van der Waals surface area contributed by atoms with Crippen molar-refractivity contribution in [1.82, 2.24) is 15.1 Å². The molecule has 6 nitrogen and oxygen atoms in total. The van der Waals surface area contributed by atoms with Crippen LogP contribution in [0.25, 0.3) is 0 Å². The van der Waals surface area contributed by atoms with Crippen LogP contribution in [-0.4, -0.2) is 59.2 Å². The van der Waals surface area contributed by atoms with Gasteiger partial charge in [-0.15, -0.1) is 0 Å². The highest BCUT2D eigenvalue weighted by atomic mass is 19.1. The smallest absolute Gasteiger partial charge is 0.242 e. The van der Waals surface area contributed by atoms with Crippen molar-refractivity contribution < 1.29 is 18.8 Å². The van der Waals surface area contributed by atoms with Crippen molar-refractivity contribution in [2.45, 2.75) is 43.1 Å². The zero-order valence-corrected chi connectivity index (χ0v) is 18.5. The first kappa shape index (κ1) is 21.6. The van der Waals surface area contributed by atoms with Gasteiger partial charge in [-0.2, -0.15) is 0 Å². The monoisotopic (exact) mass is 449 g/mol. The molecule has 5 rings (SSSR count). The molecular weight excluding hydrogens is 421 g/mol. The maximum absolute atomic E-state index is 14.0. The van der Waals surface area contributed by atoms with Crippen molar-refractivity contribution in [3.05, 3.63) is 71.5 Å². The number of likely N-dealkylation sites (tertiary alicyclic amines) is 2. The van der Waals surface area contributed by atoms with Gasteiger partial charge in [-0.25, -0.2) is 4.39 Å². The van der Waals surface area contributed by atoms with Crippen molar-refractivity contribution in [3.8, 4) is 0 Å². The van der Waals surface area contributed by atoms with E-state index in [9.17, 15) is 18.8 Å². The molecule has 7 heteroatoms. The standard InChI is InChI=1S/C26H28FN3O3/c27-21-9-4-8-19(12-21)22-15-30(17-26(22)11-5-10-23(31)28-26)25(33)16-29-14-20(13-24(29)32)18-6-2-1-3-7-18/h1-4,6-9,12,20,22H,5,10-11,13-17H2,(H,28,31)/t20-,22-,26+/m0/s1. The van der Waals surface area contributed by atoms with E-state index in [1.807, 2.05) is 36.4 Å². The van der Waals surface area contributed by atoms with Gasteiger partial charge in [0, 0.05) is 44.3 Å². The molecular formula is C26H28FN3O3. The van der Waals surface area contributed by atoms with E-state index in [1.54, 1.807) is 15.9 Å². The van der Waals surface area contributed by atoms with Crippen LogP contribution in [0.1, 0.15) is 48.6 Å². The van der Waals surface area contributed by atoms with Gasteiger partial charge in [0.15, 0.2) is 0 Å². The molecule has 0 saturated carbocycles. The van der Waals surface area contributed by atoms with Gasteiger partial charge in [0.05, 0.1) is 12.1 Å². The van der Waals surface area contributed by atoms with Crippen molar-refractivity contribution in [2.24, 2.45) is 0 Å². The van der Waals surface area contributed by atoms with Gasteiger partial charge in [-0.1, -0.05) is 42.5 Å². The molecule has 3 fully saturated rings. The highest BCUT2D eigenvalue weighted by Gasteiger charge is 2.51. The maximum atomic E-state index is 14.0. The molecule has 2 aromatic carbocycles. The third-order valence-corrected chi connectivity index (χ3v) is 7.37. The fraction of sp³-hybridized carbons (Fsp3) is 0.423. The number of nitrogens with zero attached hydrogens (tertiary/aromatic N) is 2. The number of carbonyl (C=O) groups excluding carboxylic acids is 3. The van der Waals surface area contributed by atoms with Crippen LogP contribution in [0.4, 0.5) is 4.39 Å². The Bertz CT molecular complexity index is 1080. The lowest BCUT2D eigenvalue weighted by Gasteiger charge is -2.39.